The summed E-state index contributed by atoms with van der Waals surface area (Å²) in [4.78, 5) is 12.6. The van der Waals surface area contributed by atoms with Crippen LogP contribution in [0.5, 0.6) is 5.75 Å². The van der Waals surface area contributed by atoms with Crippen LogP contribution in [0.4, 0.5) is 0 Å². The Balaban J connectivity index is 1.56. The van der Waals surface area contributed by atoms with Crippen molar-refractivity contribution in [3.63, 3.8) is 0 Å². The van der Waals surface area contributed by atoms with Gasteiger partial charge >= 0.3 is 0 Å². The largest absolute Gasteiger partial charge is 0.507 e. The molecule has 0 radical (unpaired) electrons. The number of phenolic OH excluding ortho intramolecular Hbond substituents is 1. The minimum absolute atomic E-state index is 0.0190. The van der Waals surface area contributed by atoms with Crippen molar-refractivity contribution in [2.24, 2.45) is 5.92 Å². The van der Waals surface area contributed by atoms with Gasteiger partial charge in [0.25, 0.3) is 0 Å². The lowest BCUT2D eigenvalue weighted by atomic mass is 9.86. The number of nitrogens with zero attached hydrogens (tertiary/aromatic N) is 3. The van der Waals surface area contributed by atoms with Crippen molar-refractivity contribution in [2.75, 3.05) is 5.75 Å². The third-order valence-corrected chi connectivity index (χ3v) is 6.51. The topological polar surface area (TPSA) is 80.0 Å². The van der Waals surface area contributed by atoms with Gasteiger partial charge in [-0.05, 0) is 43.0 Å². The highest BCUT2D eigenvalue weighted by Gasteiger charge is 2.24. The van der Waals surface area contributed by atoms with Crippen LogP contribution in [0.2, 0.25) is 0 Å². The average Bonchev–Trinajstić information content (AvgIpc) is 3.18. The number of nitrogens with one attached hydrogen (secondary N) is 1. The normalized spacial score (nSPS) is 18.8. The molecule has 1 saturated carbocycles. The molecule has 4 rings (SSSR count). The van der Waals surface area contributed by atoms with Crippen molar-refractivity contribution in [2.45, 2.75) is 43.8 Å². The van der Waals surface area contributed by atoms with Gasteiger partial charge < -0.3 is 10.4 Å². The molecule has 1 fully saturated rings. The van der Waals surface area contributed by atoms with Crippen molar-refractivity contribution < 1.29 is 9.90 Å². The maximum Gasteiger partial charge on any atom is 0.230 e. The Bertz CT molecular complexity index is 1010. The first-order valence-electron chi connectivity index (χ1n) is 10.3. The van der Waals surface area contributed by atoms with E-state index in [1.165, 1.54) is 31.0 Å². The second-order valence-electron chi connectivity index (χ2n) is 7.72. The highest BCUT2D eigenvalue weighted by Crippen LogP contribution is 2.32. The number of phenols is 1. The minimum Gasteiger partial charge on any atom is -0.507 e. The molecule has 0 spiro atoms. The fraction of sp³-hybridized carbons (Fsp3) is 0.348. The quantitative estimate of drug-likeness (QED) is 0.575. The van der Waals surface area contributed by atoms with Crippen molar-refractivity contribution in [1.82, 2.24) is 20.1 Å². The van der Waals surface area contributed by atoms with E-state index in [0.29, 0.717) is 22.5 Å². The van der Waals surface area contributed by atoms with Crippen LogP contribution < -0.4 is 5.32 Å². The molecule has 2 N–H and O–H groups in total. The lowest BCUT2D eigenvalue weighted by Gasteiger charge is -2.29. The molecule has 6 nitrogen and oxygen atoms in total. The van der Waals surface area contributed by atoms with E-state index in [2.05, 4.69) is 22.4 Å². The summed E-state index contributed by atoms with van der Waals surface area (Å²) in [5.41, 5.74) is 1.48. The molecule has 2 atom stereocenters. The molecule has 7 heteroatoms. The second-order valence-corrected chi connectivity index (χ2v) is 8.66. The van der Waals surface area contributed by atoms with E-state index in [0.717, 1.165) is 12.1 Å². The Morgan fingerprint density at radius 2 is 1.83 bits per heavy atom. The van der Waals surface area contributed by atoms with Gasteiger partial charge in [-0.3, -0.25) is 9.36 Å². The Labute approximate surface area is 180 Å². The van der Waals surface area contributed by atoms with Crippen LogP contribution in [0.1, 0.15) is 32.6 Å². The van der Waals surface area contributed by atoms with Gasteiger partial charge in [0.15, 0.2) is 11.0 Å². The summed E-state index contributed by atoms with van der Waals surface area (Å²) >= 11 is 1.36. The lowest BCUT2D eigenvalue weighted by molar-refractivity contribution is -0.119. The first kappa shape index (κ1) is 20.5. The fourth-order valence-electron chi connectivity index (χ4n) is 3.92. The maximum atomic E-state index is 12.6. The Hall–Kier alpha value is -2.80. The number of amides is 1. The first-order valence-corrected chi connectivity index (χ1v) is 11.3. The number of hydrogen-bond donors (Lipinski definition) is 2. The van der Waals surface area contributed by atoms with E-state index in [-0.39, 0.29) is 23.5 Å². The van der Waals surface area contributed by atoms with Gasteiger partial charge in [0.05, 0.1) is 11.3 Å². The molecular weight excluding hydrogens is 396 g/mol. The van der Waals surface area contributed by atoms with Gasteiger partial charge in [-0.25, -0.2) is 0 Å². The summed E-state index contributed by atoms with van der Waals surface area (Å²) in [6, 6.07) is 17.1. The zero-order valence-electron chi connectivity index (χ0n) is 17.0. The van der Waals surface area contributed by atoms with E-state index in [4.69, 9.17) is 0 Å². The smallest absolute Gasteiger partial charge is 0.230 e. The second kappa shape index (κ2) is 9.34. The molecule has 1 aliphatic rings. The molecule has 1 aromatic heterocycles. The molecule has 0 unspecified atom stereocenters. The molecule has 1 heterocycles. The first-order chi connectivity index (χ1) is 14.6. The van der Waals surface area contributed by atoms with Gasteiger partial charge in [-0.2, -0.15) is 0 Å². The van der Waals surface area contributed by atoms with Gasteiger partial charge in [0.2, 0.25) is 5.91 Å². The Kier molecular flexibility index (Phi) is 6.38. The predicted molar refractivity (Wildman–Crippen MR) is 119 cm³/mol. The van der Waals surface area contributed by atoms with Crippen LogP contribution >= 0.6 is 11.8 Å². The summed E-state index contributed by atoms with van der Waals surface area (Å²) < 4.78 is 1.89. The van der Waals surface area contributed by atoms with Gasteiger partial charge in [0, 0.05) is 11.7 Å². The zero-order chi connectivity index (χ0) is 20.9. The fourth-order valence-corrected chi connectivity index (χ4v) is 4.68. The van der Waals surface area contributed by atoms with E-state index >= 15 is 0 Å². The number of thioether (sulfide) groups is 1. The summed E-state index contributed by atoms with van der Waals surface area (Å²) in [5, 5.41) is 22.8. The van der Waals surface area contributed by atoms with Crippen LogP contribution in [0, 0.1) is 5.92 Å². The molecule has 0 saturated heterocycles. The summed E-state index contributed by atoms with van der Waals surface area (Å²) in [6.07, 6.45) is 4.64. The molecule has 156 valence electrons. The average molecular weight is 423 g/mol. The number of para-hydroxylation sites is 2. The van der Waals surface area contributed by atoms with Crippen LogP contribution in [0.15, 0.2) is 59.8 Å². The Morgan fingerprint density at radius 3 is 2.60 bits per heavy atom. The number of hydrogen-bond acceptors (Lipinski definition) is 5. The third-order valence-electron chi connectivity index (χ3n) is 5.58. The molecule has 30 heavy (non-hydrogen) atoms. The van der Waals surface area contributed by atoms with Crippen molar-refractivity contribution in [3.8, 4) is 22.8 Å². The van der Waals surface area contributed by atoms with E-state index in [9.17, 15) is 9.90 Å². The highest BCUT2D eigenvalue weighted by molar-refractivity contribution is 7.99. The molecule has 1 aliphatic carbocycles. The van der Waals surface area contributed by atoms with Gasteiger partial charge in [0.1, 0.15) is 5.75 Å². The molecule has 3 aromatic rings. The van der Waals surface area contributed by atoms with Crippen molar-refractivity contribution in [3.05, 3.63) is 54.6 Å². The van der Waals surface area contributed by atoms with Crippen molar-refractivity contribution in [1.29, 1.82) is 0 Å². The number of aromatic hydroxyl groups is 1. The van der Waals surface area contributed by atoms with Crippen molar-refractivity contribution >= 4 is 17.7 Å². The molecule has 2 aromatic carbocycles. The molecule has 0 bridgehead atoms. The highest BCUT2D eigenvalue weighted by atomic mass is 32.2. The molecule has 1 amide bonds. The number of rotatable bonds is 6. The van der Waals surface area contributed by atoms with Crippen LogP contribution in [-0.2, 0) is 4.79 Å². The van der Waals surface area contributed by atoms with E-state index < -0.39 is 0 Å². The summed E-state index contributed by atoms with van der Waals surface area (Å²) in [7, 11) is 0. The Morgan fingerprint density at radius 1 is 1.10 bits per heavy atom. The monoisotopic (exact) mass is 422 g/mol. The number of aromatic nitrogens is 3. The maximum absolute atomic E-state index is 12.6. The van der Waals surface area contributed by atoms with E-state index in [1.807, 2.05) is 47.0 Å². The van der Waals surface area contributed by atoms with Crippen LogP contribution in [0.3, 0.4) is 0 Å². The number of benzene rings is 2. The number of carbonyl (C=O) groups excluding carboxylic acids is 1. The standard InChI is InChI=1S/C23H26N4O2S/c1-16-9-5-7-13-19(16)24-21(29)15-30-23-26-25-22(18-12-6-8-14-20(18)28)27(23)17-10-3-2-4-11-17/h2-4,6,8,10-12,14,16,19,28H,5,7,9,13,15H2,1H3,(H,24,29)/t16-,19-/m0/s1. The summed E-state index contributed by atoms with van der Waals surface area (Å²) in [5.74, 6) is 1.50. The lowest BCUT2D eigenvalue weighted by Crippen LogP contribution is -2.41. The van der Waals surface area contributed by atoms with Crippen LogP contribution in [-0.4, -0.2) is 37.6 Å². The molecular formula is C23H26N4O2S. The molecule has 0 aliphatic heterocycles. The van der Waals surface area contributed by atoms with Gasteiger partial charge in [-0.15, -0.1) is 10.2 Å². The van der Waals surface area contributed by atoms with Gasteiger partial charge in [-0.1, -0.05) is 61.9 Å². The zero-order valence-corrected chi connectivity index (χ0v) is 17.8. The third kappa shape index (κ3) is 4.51. The SMILES string of the molecule is C[C@H]1CCCC[C@@H]1NC(=O)CSc1nnc(-c2ccccc2O)n1-c1ccccc1. The van der Waals surface area contributed by atoms with Crippen LogP contribution in [0.25, 0.3) is 17.1 Å². The predicted octanol–water partition coefficient (Wildman–Crippen LogP) is 4.43. The van der Waals surface area contributed by atoms with E-state index in [1.54, 1.807) is 12.1 Å². The minimum atomic E-state index is 0.0190. The summed E-state index contributed by atoms with van der Waals surface area (Å²) in [6.45, 7) is 2.21. The number of carbonyl (C=O) groups is 1.